The summed E-state index contributed by atoms with van der Waals surface area (Å²) in [7, 11) is 0. The van der Waals surface area contributed by atoms with Gasteiger partial charge in [0.2, 0.25) is 5.91 Å². The van der Waals surface area contributed by atoms with Gasteiger partial charge < -0.3 is 10.1 Å². The molecule has 1 N–H and O–H groups in total. The molecule has 0 aromatic heterocycles. The number of benzene rings is 2. The number of hydrogen-bond acceptors (Lipinski definition) is 3. The summed E-state index contributed by atoms with van der Waals surface area (Å²) in [6, 6.07) is 14.1. The average molecular weight is 358 g/mol. The highest BCUT2D eigenvalue weighted by Gasteiger charge is 2.13. The maximum Gasteiger partial charge on any atom is 0.237 e. The Labute approximate surface area is 155 Å². The number of nitrogens with one attached hydrogen (secondary N) is 1. The quantitative estimate of drug-likeness (QED) is 0.665. The first-order valence-electron chi connectivity index (χ1n) is 8.65. The van der Waals surface area contributed by atoms with Gasteiger partial charge in [0.15, 0.2) is 0 Å². The SMILES string of the molecule is Cc1cccc(NC(=O)C(C)SCCCOc2cc(C)ccc2C)c1. The van der Waals surface area contributed by atoms with Crippen LogP contribution >= 0.6 is 11.8 Å². The number of rotatable bonds is 8. The van der Waals surface area contributed by atoms with Crippen LogP contribution in [0.5, 0.6) is 5.75 Å². The highest BCUT2D eigenvalue weighted by molar-refractivity contribution is 8.00. The Bertz CT molecular complexity index is 715. The molecule has 0 bridgehead atoms. The number of aryl methyl sites for hydroxylation is 3. The van der Waals surface area contributed by atoms with Crippen molar-refractivity contribution >= 4 is 23.4 Å². The van der Waals surface area contributed by atoms with Crippen LogP contribution in [0.1, 0.15) is 30.0 Å². The van der Waals surface area contributed by atoms with E-state index in [1.165, 1.54) is 5.56 Å². The number of ether oxygens (including phenoxy) is 1. The van der Waals surface area contributed by atoms with Gasteiger partial charge in [0.25, 0.3) is 0 Å². The molecule has 2 rings (SSSR count). The molecule has 0 spiro atoms. The van der Waals surface area contributed by atoms with Gasteiger partial charge in [0.05, 0.1) is 11.9 Å². The lowest BCUT2D eigenvalue weighted by Crippen LogP contribution is -2.23. The molecule has 0 heterocycles. The van der Waals surface area contributed by atoms with Crippen LogP contribution in [-0.4, -0.2) is 23.5 Å². The summed E-state index contributed by atoms with van der Waals surface area (Å²) in [5.41, 5.74) is 4.36. The fourth-order valence-corrected chi connectivity index (χ4v) is 3.25. The average Bonchev–Trinajstić information content (AvgIpc) is 2.57. The number of hydrogen-bond donors (Lipinski definition) is 1. The molecule has 2 aromatic rings. The van der Waals surface area contributed by atoms with Gasteiger partial charge in [-0.2, -0.15) is 0 Å². The minimum atomic E-state index is -0.0822. The molecule has 0 aliphatic rings. The van der Waals surface area contributed by atoms with Crippen molar-refractivity contribution in [1.82, 2.24) is 0 Å². The van der Waals surface area contributed by atoms with Gasteiger partial charge >= 0.3 is 0 Å². The summed E-state index contributed by atoms with van der Waals surface area (Å²) in [6.07, 6.45) is 0.917. The lowest BCUT2D eigenvalue weighted by Gasteiger charge is -2.13. The van der Waals surface area contributed by atoms with Crippen LogP contribution in [0.15, 0.2) is 42.5 Å². The van der Waals surface area contributed by atoms with E-state index < -0.39 is 0 Å². The van der Waals surface area contributed by atoms with Gasteiger partial charge in [0.1, 0.15) is 5.75 Å². The van der Waals surface area contributed by atoms with E-state index in [0.29, 0.717) is 6.61 Å². The molecule has 0 aliphatic heterocycles. The van der Waals surface area contributed by atoms with Crippen LogP contribution in [-0.2, 0) is 4.79 Å². The Kier molecular flexibility index (Phi) is 7.38. The molecule has 134 valence electrons. The van der Waals surface area contributed by atoms with Crippen LogP contribution in [0.25, 0.3) is 0 Å². The molecule has 25 heavy (non-hydrogen) atoms. The van der Waals surface area contributed by atoms with E-state index in [2.05, 4.69) is 37.4 Å². The fraction of sp³-hybridized carbons (Fsp3) is 0.381. The van der Waals surface area contributed by atoms with E-state index in [9.17, 15) is 4.79 Å². The van der Waals surface area contributed by atoms with E-state index in [1.807, 2.05) is 38.1 Å². The number of anilines is 1. The van der Waals surface area contributed by atoms with Gasteiger partial charge in [-0.25, -0.2) is 0 Å². The molecule has 3 nitrogen and oxygen atoms in total. The minimum absolute atomic E-state index is 0.0473. The van der Waals surface area contributed by atoms with Crippen molar-refractivity contribution in [2.75, 3.05) is 17.7 Å². The fourth-order valence-electron chi connectivity index (χ4n) is 2.41. The summed E-state index contributed by atoms with van der Waals surface area (Å²) >= 11 is 1.66. The topological polar surface area (TPSA) is 38.3 Å². The van der Waals surface area contributed by atoms with Crippen molar-refractivity contribution in [2.24, 2.45) is 0 Å². The minimum Gasteiger partial charge on any atom is -0.493 e. The first-order valence-corrected chi connectivity index (χ1v) is 9.70. The second-order valence-corrected chi connectivity index (χ2v) is 7.79. The monoisotopic (exact) mass is 357 g/mol. The van der Waals surface area contributed by atoms with E-state index in [4.69, 9.17) is 4.74 Å². The Morgan fingerprint density at radius 1 is 1.12 bits per heavy atom. The second-order valence-electron chi connectivity index (χ2n) is 6.34. The maximum atomic E-state index is 12.2. The van der Waals surface area contributed by atoms with Gasteiger partial charge in [-0.05, 0) is 74.8 Å². The van der Waals surface area contributed by atoms with Gasteiger partial charge in [-0.3, -0.25) is 4.79 Å². The number of thioether (sulfide) groups is 1. The number of amides is 1. The van der Waals surface area contributed by atoms with Crippen LogP contribution in [0.3, 0.4) is 0 Å². The Morgan fingerprint density at radius 3 is 2.64 bits per heavy atom. The van der Waals surface area contributed by atoms with Gasteiger partial charge in [-0.1, -0.05) is 24.3 Å². The first kappa shape index (κ1) is 19.4. The third-order valence-corrected chi connectivity index (χ3v) is 5.15. The lowest BCUT2D eigenvalue weighted by atomic mass is 10.1. The van der Waals surface area contributed by atoms with Gasteiger partial charge in [0, 0.05) is 5.69 Å². The lowest BCUT2D eigenvalue weighted by molar-refractivity contribution is -0.115. The van der Waals surface area contributed by atoms with Crippen LogP contribution in [0.4, 0.5) is 5.69 Å². The second kappa shape index (κ2) is 9.52. The normalized spacial score (nSPS) is 11.8. The molecule has 0 saturated heterocycles. The highest BCUT2D eigenvalue weighted by atomic mass is 32.2. The summed E-state index contributed by atoms with van der Waals surface area (Å²) in [6.45, 7) is 8.76. The first-order chi connectivity index (χ1) is 12.0. The summed E-state index contributed by atoms with van der Waals surface area (Å²) in [5.74, 6) is 1.90. The maximum absolute atomic E-state index is 12.2. The molecule has 0 fully saturated rings. The summed E-state index contributed by atoms with van der Waals surface area (Å²) < 4.78 is 5.85. The van der Waals surface area contributed by atoms with Crippen LogP contribution in [0, 0.1) is 20.8 Å². The Morgan fingerprint density at radius 2 is 1.88 bits per heavy atom. The standard InChI is InChI=1S/C21H27NO2S/c1-15-7-5-8-19(13-15)22-21(23)18(4)25-12-6-11-24-20-14-16(2)9-10-17(20)3/h5,7-10,13-14,18H,6,11-12H2,1-4H3,(H,22,23). The largest absolute Gasteiger partial charge is 0.493 e. The molecule has 1 amide bonds. The molecular weight excluding hydrogens is 330 g/mol. The zero-order valence-corrected chi connectivity index (χ0v) is 16.3. The van der Waals surface area contributed by atoms with Crippen molar-refractivity contribution in [1.29, 1.82) is 0 Å². The van der Waals surface area contributed by atoms with E-state index in [0.717, 1.165) is 34.7 Å². The molecule has 0 saturated carbocycles. The summed E-state index contributed by atoms with van der Waals surface area (Å²) in [4.78, 5) is 12.2. The molecule has 1 atom stereocenters. The smallest absolute Gasteiger partial charge is 0.237 e. The highest BCUT2D eigenvalue weighted by Crippen LogP contribution is 2.20. The van der Waals surface area contributed by atoms with Crippen LogP contribution < -0.4 is 10.1 Å². The Balaban J connectivity index is 1.68. The number of carbonyl (C=O) groups excluding carboxylic acids is 1. The van der Waals surface area contributed by atoms with E-state index in [1.54, 1.807) is 11.8 Å². The van der Waals surface area contributed by atoms with Crippen molar-refractivity contribution in [3.63, 3.8) is 0 Å². The van der Waals surface area contributed by atoms with Crippen LogP contribution in [0.2, 0.25) is 0 Å². The molecule has 1 unspecified atom stereocenters. The molecular formula is C21H27NO2S. The number of carbonyl (C=O) groups is 1. The van der Waals surface area contributed by atoms with Crippen molar-refractivity contribution < 1.29 is 9.53 Å². The third-order valence-electron chi connectivity index (χ3n) is 3.91. The molecule has 0 aliphatic carbocycles. The zero-order chi connectivity index (χ0) is 18.2. The zero-order valence-electron chi connectivity index (χ0n) is 15.5. The summed E-state index contributed by atoms with van der Waals surface area (Å²) in [5, 5.41) is 2.89. The predicted octanol–water partition coefficient (Wildman–Crippen LogP) is 5.14. The third kappa shape index (κ3) is 6.46. The Hall–Kier alpha value is -1.94. The van der Waals surface area contributed by atoms with Gasteiger partial charge in [-0.15, -0.1) is 11.8 Å². The molecule has 0 radical (unpaired) electrons. The van der Waals surface area contributed by atoms with Crippen molar-refractivity contribution in [3.05, 3.63) is 59.2 Å². The predicted molar refractivity (Wildman–Crippen MR) is 108 cm³/mol. The molecule has 4 heteroatoms. The van der Waals surface area contributed by atoms with E-state index >= 15 is 0 Å². The van der Waals surface area contributed by atoms with E-state index in [-0.39, 0.29) is 11.2 Å². The van der Waals surface area contributed by atoms with Crippen molar-refractivity contribution in [2.45, 2.75) is 39.4 Å². The molecule has 2 aromatic carbocycles. The van der Waals surface area contributed by atoms with Crippen molar-refractivity contribution in [3.8, 4) is 5.75 Å².